The molecule has 0 amide bonds. The Kier molecular flexibility index (Phi) is 6.86. The fourth-order valence-electron chi connectivity index (χ4n) is 2.80. The number of nitrogens with two attached hydrogens (primary N) is 1. The van der Waals surface area contributed by atoms with Crippen LogP contribution < -0.4 is 5.73 Å². The first-order chi connectivity index (χ1) is 9.82. The van der Waals surface area contributed by atoms with E-state index in [0.717, 1.165) is 18.4 Å². The summed E-state index contributed by atoms with van der Waals surface area (Å²) in [7, 11) is -3.39. The zero-order valence-electron chi connectivity index (χ0n) is 13.5. The summed E-state index contributed by atoms with van der Waals surface area (Å²) in [5, 5.41) is 0. The van der Waals surface area contributed by atoms with Crippen LogP contribution in [0.1, 0.15) is 45.1 Å². The Morgan fingerprint density at radius 1 is 1.18 bits per heavy atom. The molecule has 0 aliphatic carbocycles. The van der Waals surface area contributed by atoms with Crippen LogP contribution in [0, 0.1) is 5.92 Å². The largest absolute Gasteiger partial charge is 0.328 e. The highest BCUT2D eigenvalue weighted by molar-refractivity contribution is 7.89. The van der Waals surface area contributed by atoms with Gasteiger partial charge in [-0.05, 0) is 49.3 Å². The minimum atomic E-state index is -3.39. The number of hydrogen-bond acceptors (Lipinski definition) is 3. The summed E-state index contributed by atoms with van der Waals surface area (Å²) in [5.41, 5.74) is 7.10. The summed E-state index contributed by atoms with van der Waals surface area (Å²) in [5.74, 6) is 0.655. The Morgan fingerprint density at radius 3 is 2.27 bits per heavy atom. The van der Waals surface area contributed by atoms with Gasteiger partial charge in [0.05, 0.1) is 4.90 Å². The topological polar surface area (TPSA) is 63.4 Å². The molecule has 0 spiro atoms. The maximum atomic E-state index is 12.7. The van der Waals surface area contributed by atoms with Gasteiger partial charge in [0.2, 0.25) is 10.0 Å². The predicted molar refractivity (Wildman–Crippen MR) is 92.9 cm³/mol. The molecule has 1 fully saturated rings. The van der Waals surface area contributed by atoms with Gasteiger partial charge in [0.1, 0.15) is 0 Å². The molecule has 1 aromatic carbocycles. The van der Waals surface area contributed by atoms with Crippen LogP contribution >= 0.6 is 12.4 Å². The molecular weight excluding hydrogens is 320 g/mol. The van der Waals surface area contributed by atoms with Crippen LogP contribution in [0.3, 0.4) is 0 Å². The van der Waals surface area contributed by atoms with Crippen molar-refractivity contribution >= 4 is 22.4 Å². The van der Waals surface area contributed by atoms with Gasteiger partial charge in [-0.1, -0.05) is 26.0 Å². The van der Waals surface area contributed by atoms with Gasteiger partial charge in [0.25, 0.3) is 0 Å². The SMILES string of the molecule is CC(C)c1ccc(S(=O)(=O)N2CCCC(C(C)N)C2)cc1.Cl. The van der Waals surface area contributed by atoms with Crippen LogP contribution in [0.5, 0.6) is 0 Å². The Morgan fingerprint density at radius 2 is 1.77 bits per heavy atom. The highest BCUT2D eigenvalue weighted by atomic mass is 35.5. The van der Waals surface area contributed by atoms with E-state index in [2.05, 4.69) is 13.8 Å². The standard InChI is InChI=1S/C16H26N2O2S.ClH/c1-12(2)14-6-8-16(9-7-14)21(19,20)18-10-4-5-15(11-18)13(3)17;/h6-9,12-13,15H,4-5,10-11,17H2,1-3H3;1H. The highest BCUT2D eigenvalue weighted by Crippen LogP contribution is 2.26. The second kappa shape index (κ2) is 7.77. The first-order valence-electron chi connectivity index (χ1n) is 7.68. The van der Waals surface area contributed by atoms with Gasteiger partial charge in [0, 0.05) is 19.1 Å². The molecule has 4 nitrogen and oxygen atoms in total. The lowest BCUT2D eigenvalue weighted by Crippen LogP contribution is -2.44. The Balaban J connectivity index is 0.00000242. The van der Waals surface area contributed by atoms with E-state index < -0.39 is 10.0 Å². The fraction of sp³-hybridized carbons (Fsp3) is 0.625. The summed E-state index contributed by atoms with van der Waals surface area (Å²) in [4.78, 5) is 0.386. The van der Waals surface area contributed by atoms with E-state index in [1.54, 1.807) is 16.4 Å². The van der Waals surface area contributed by atoms with E-state index in [1.165, 1.54) is 0 Å². The number of piperidine rings is 1. The van der Waals surface area contributed by atoms with Gasteiger partial charge in [-0.25, -0.2) is 8.42 Å². The van der Waals surface area contributed by atoms with Crippen LogP contribution in [0.25, 0.3) is 0 Å². The molecule has 2 rings (SSSR count). The van der Waals surface area contributed by atoms with E-state index in [4.69, 9.17) is 5.73 Å². The van der Waals surface area contributed by atoms with Crippen molar-refractivity contribution in [2.24, 2.45) is 11.7 Å². The molecular formula is C16H27ClN2O2S. The second-order valence-electron chi connectivity index (χ2n) is 6.35. The Labute approximate surface area is 140 Å². The van der Waals surface area contributed by atoms with Crippen molar-refractivity contribution in [3.63, 3.8) is 0 Å². The van der Waals surface area contributed by atoms with E-state index in [9.17, 15) is 8.42 Å². The molecule has 2 unspecified atom stereocenters. The second-order valence-corrected chi connectivity index (χ2v) is 8.29. The van der Waals surface area contributed by atoms with Gasteiger partial charge in [-0.2, -0.15) is 4.31 Å². The fourth-order valence-corrected chi connectivity index (χ4v) is 4.33. The minimum absolute atomic E-state index is 0. The maximum Gasteiger partial charge on any atom is 0.243 e. The molecule has 2 N–H and O–H groups in total. The summed E-state index contributed by atoms with van der Waals surface area (Å²) < 4.78 is 27.0. The zero-order valence-corrected chi connectivity index (χ0v) is 15.2. The van der Waals surface area contributed by atoms with Crippen molar-refractivity contribution in [3.05, 3.63) is 29.8 Å². The van der Waals surface area contributed by atoms with Gasteiger partial charge < -0.3 is 5.73 Å². The van der Waals surface area contributed by atoms with E-state index in [1.807, 2.05) is 19.1 Å². The number of halogens is 1. The minimum Gasteiger partial charge on any atom is -0.328 e. The molecule has 0 saturated carbocycles. The Bertz CT molecular complexity index is 570. The molecule has 1 aliphatic heterocycles. The normalized spacial score (nSPS) is 21.4. The van der Waals surface area contributed by atoms with E-state index >= 15 is 0 Å². The molecule has 1 aliphatic rings. The van der Waals surface area contributed by atoms with Gasteiger partial charge in [-0.3, -0.25) is 0 Å². The van der Waals surface area contributed by atoms with Crippen LogP contribution in [-0.2, 0) is 10.0 Å². The molecule has 1 heterocycles. The summed E-state index contributed by atoms with van der Waals surface area (Å²) in [6.07, 6.45) is 1.89. The average molecular weight is 347 g/mol. The molecule has 0 radical (unpaired) electrons. The van der Waals surface area contributed by atoms with Gasteiger partial charge >= 0.3 is 0 Å². The number of rotatable bonds is 4. The van der Waals surface area contributed by atoms with Crippen LogP contribution in [-0.4, -0.2) is 31.9 Å². The van der Waals surface area contributed by atoms with Crippen molar-refractivity contribution in [2.75, 3.05) is 13.1 Å². The van der Waals surface area contributed by atoms with Crippen LogP contribution in [0.4, 0.5) is 0 Å². The zero-order chi connectivity index (χ0) is 15.6. The summed E-state index contributed by atoms with van der Waals surface area (Å²) in [6.45, 7) is 7.28. The van der Waals surface area contributed by atoms with Crippen molar-refractivity contribution in [3.8, 4) is 0 Å². The van der Waals surface area contributed by atoms with Gasteiger partial charge in [-0.15, -0.1) is 12.4 Å². The van der Waals surface area contributed by atoms with Crippen molar-refractivity contribution < 1.29 is 8.42 Å². The van der Waals surface area contributed by atoms with Gasteiger partial charge in [0.15, 0.2) is 0 Å². The first-order valence-corrected chi connectivity index (χ1v) is 9.12. The molecule has 0 bridgehead atoms. The summed E-state index contributed by atoms with van der Waals surface area (Å²) >= 11 is 0. The summed E-state index contributed by atoms with van der Waals surface area (Å²) in [6, 6.07) is 7.29. The molecule has 1 saturated heterocycles. The van der Waals surface area contributed by atoms with Crippen molar-refractivity contribution in [1.29, 1.82) is 0 Å². The third-order valence-electron chi connectivity index (χ3n) is 4.35. The molecule has 2 atom stereocenters. The molecule has 126 valence electrons. The monoisotopic (exact) mass is 346 g/mol. The van der Waals surface area contributed by atoms with E-state index in [0.29, 0.717) is 23.9 Å². The number of nitrogens with zero attached hydrogens (tertiary/aromatic N) is 1. The molecule has 1 aromatic rings. The number of benzene rings is 1. The smallest absolute Gasteiger partial charge is 0.243 e. The number of sulfonamides is 1. The number of hydrogen-bond donors (Lipinski definition) is 1. The van der Waals surface area contributed by atoms with Crippen molar-refractivity contribution in [2.45, 2.75) is 50.5 Å². The highest BCUT2D eigenvalue weighted by Gasteiger charge is 2.31. The molecule has 22 heavy (non-hydrogen) atoms. The Hall–Kier alpha value is -0.620. The van der Waals surface area contributed by atoms with E-state index in [-0.39, 0.29) is 24.4 Å². The van der Waals surface area contributed by atoms with Crippen LogP contribution in [0.2, 0.25) is 0 Å². The predicted octanol–water partition coefficient (Wildman–Crippen LogP) is 2.98. The third-order valence-corrected chi connectivity index (χ3v) is 6.23. The lowest BCUT2D eigenvalue weighted by molar-refractivity contribution is 0.243. The maximum absolute atomic E-state index is 12.7. The van der Waals surface area contributed by atoms with Crippen LogP contribution in [0.15, 0.2) is 29.2 Å². The quantitative estimate of drug-likeness (QED) is 0.911. The van der Waals surface area contributed by atoms with Crippen molar-refractivity contribution in [1.82, 2.24) is 4.31 Å². The average Bonchev–Trinajstić information content (AvgIpc) is 2.47. The lowest BCUT2D eigenvalue weighted by atomic mass is 9.93. The lowest BCUT2D eigenvalue weighted by Gasteiger charge is -2.33. The third kappa shape index (κ3) is 4.22. The first kappa shape index (κ1) is 19.4. The molecule has 0 aromatic heterocycles. The molecule has 6 heteroatoms.